The Morgan fingerprint density at radius 3 is 2.67 bits per heavy atom. The van der Waals surface area contributed by atoms with Crippen LogP contribution in [-0.2, 0) is 17.5 Å². The number of hydrogen-bond acceptors (Lipinski definition) is 3. The van der Waals surface area contributed by atoms with Crippen molar-refractivity contribution in [3.05, 3.63) is 33.8 Å². The summed E-state index contributed by atoms with van der Waals surface area (Å²) in [7, 11) is 0. The molecule has 0 aromatic carbocycles. The molecule has 0 aliphatic heterocycles. The summed E-state index contributed by atoms with van der Waals surface area (Å²) >= 11 is 1.61. The van der Waals surface area contributed by atoms with Gasteiger partial charge in [0.15, 0.2) is 5.69 Å². The molecule has 0 saturated carbocycles. The number of alkyl halides is 3. The van der Waals surface area contributed by atoms with Crippen LogP contribution in [0.4, 0.5) is 18.9 Å². The van der Waals surface area contributed by atoms with Crippen molar-refractivity contribution in [1.82, 2.24) is 9.78 Å². The first-order valence-corrected chi connectivity index (χ1v) is 8.51. The first-order valence-electron chi connectivity index (χ1n) is 7.63. The van der Waals surface area contributed by atoms with Crippen LogP contribution in [-0.4, -0.2) is 16.2 Å². The van der Waals surface area contributed by atoms with Gasteiger partial charge in [-0.25, -0.2) is 0 Å². The lowest BCUT2D eigenvalue weighted by Crippen LogP contribution is -2.11. The van der Waals surface area contributed by atoms with Crippen LogP contribution in [0, 0.1) is 5.92 Å². The molecule has 0 bridgehead atoms. The van der Waals surface area contributed by atoms with Crippen molar-refractivity contribution in [3.63, 3.8) is 0 Å². The number of nitrogens with zero attached hydrogens (tertiary/aromatic N) is 2. The Hall–Kier alpha value is -1.83. The Morgan fingerprint density at radius 2 is 2.08 bits per heavy atom. The average molecular weight is 359 g/mol. The minimum atomic E-state index is -4.61. The Morgan fingerprint density at radius 1 is 1.38 bits per heavy atom. The molecule has 4 nitrogen and oxygen atoms in total. The molecule has 1 N–H and O–H groups in total. The van der Waals surface area contributed by atoms with Crippen molar-refractivity contribution < 1.29 is 18.0 Å². The maximum absolute atomic E-state index is 13.0. The minimum absolute atomic E-state index is 0.220. The van der Waals surface area contributed by atoms with Crippen LogP contribution in [0.15, 0.2) is 17.6 Å². The first kappa shape index (κ1) is 18.5. The Balaban J connectivity index is 2.26. The predicted octanol–water partition coefficient (Wildman–Crippen LogP) is 4.73. The molecule has 0 aliphatic carbocycles. The fourth-order valence-electron chi connectivity index (χ4n) is 2.78. The zero-order valence-corrected chi connectivity index (χ0v) is 14.5. The number of hydrogen-bond donors (Lipinski definition) is 1. The fraction of sp³-hybridized carbons (Fsp3) is 0.500. The lowest BCUT2D eigenvalue weighted by Gasteiger charge is -2.14. The quantitative estimate of drug-likeness (QED) is 0.727. The van der Waals surface area contributed by atoms with Crippen LogP contribution >= 0.6 is 11.3 Å². The zero-order valence-electron chi connectivity index (χ0n) is 13.7. The van der Waals surface area contributed by atoms with Crippen molar-refractivity contribution in [3.8, 4) is 0 Å². The number of amides is 1. The van der Waals surface area contributed by atoms with E-state index in [2.05, 4.69) is 31.2 Å². The van der Waals surface area contributed by atoms with E-state index < -0.39 is 11.9 Å². The molecule has 0 aliphatic rings. The van der Waals surface area contributed by atoms with Crippen molar-refractivity contribution in [1.29, 1.82) is 0 Å². The first-order chi connectivity index (χ1) is 11.2. The summed E-state index contributed by atoms with van der Waals surface area (Å²) < 4.78 is 40.2. The molecule has 132 valence electrons. The van der Waals surface area contributed by atoms with Gasteiger partial charge in [0.05, 0.1) is 12.2 Å². The molecule has 0 unspecified atom stereocenters. The molecule has 1 atom stereocenters. The van der Waals surface area contributed by atoms with E-state index in [1.54, 1.807) is 11.3 Å². The molecular formula is C16H20F3N3OS. The monoisotopic (exact) mass is 359 g/mol. The summed E-state index contributed by atoms with van der Waals surface area (Å²) in [6.45, 7) is 6.65. The lowest BCUT2D eigenvalue weighted by molar-refractivity contribution is -0.140. The van der Waals surface area contributed by atoms with E-state index >= 15 is 0 Å². The molecule has 8 heteroatoms. The molecule has 0 radical (unpaired) electrons. The summed E-state index contributed by atoms with van der Waals surface area (Å²) in [5.74, 6) is 0.880. The van der Waals surface area contributed by atoms with Gasteiger partial charge in [0.1, 0.15) is 0 Å². The van der Waals surface area contributed by atoms with E-state index in [0.29, 0.717) is 11.8 Å². The van der Waals surface area contributed by atoms with Crippen LogP contribution in [0.2, 0.25) is 0 Å². The molecule has 0 spiro atoms. The average Bonchev–Trinajstić information content (AvgIpc) is 3.05. The van der Waals surface area contributed by atoms with Crippen molar-refractivity contribution >= 4 is 23.4 Å². The highest BCUT2D eigenvalue weighted by atomic mass is 32.1. The van der Waals surface area contributed by atoms with E-state index in [4.69, 9.17) is 0 Å². The standard InChI is InChI=1S/C16H20F3N3OS/c1-10(2)6-11(3)14-12(4-5-24-14)7-22-8-13(20-9-23)15(21-22)16(17,18)19/h4-5,8-11H,6-7H2,1-3H3,(H,20,23)/t11-/m0/s1. The van der Waals surface area contributed by atoms with E-state index in [-0.39, 0.29) is 18.6 Å². The maximum atomic E-state index is 13.0. The highest BCUT2D eigenvalue weighted by molar-refractivity contribution is 7.10. The van der Waals surface area contributed by atoms with Crippen LogP contribution < -0.4 is 5.32 Å². The molecule has 2 heterocycles. The second kappa shape index (κ2) is 7.38. The Kier molecular flexibility index (Phi) is 5.69. The molecule has 1 amide bonds. The van der Waals surface area contributed by atoms with E-state index in [9.17, 15) is 18.0 Å². The minimum Gasteiger partial charge on any atom is -0.326 e. The maximum Gasteiger partial charge on any atom is 0.437 e. The fourth-order valence-corrected chi connectivity index (χ4v) is 3.77. The molecule has 2 aromatic rings. The Bertz CT molecular complexity index is 691. The number of carbonyl (C=O) groups is 1. The number of rotatable bonds is 7. The van der Waals surface area contributed by atoms with Crippen molar-refractivity contribution in [2.75, 3.05) is 5.32 Å². The molecule has 2 aromatic heterocycles. The van der Waals surface area contributed by atoms with Gasteiger partial charge in [-0.05, 0) is 35.3 Å². The third-order valence-electron chi connectivity index (χ3n) is 3.63. The number of halogens is 3. The van der Waals surface area contributed by atoms with Crippen LogP contribution in [0.1, 0.15) is 49.2 Å². The number of anilines is 1. The number of thiophene rings is 1. The van der Waals surface area contributed by atoms with Crippen molar-refractivity contribution in [2.45, 2.75) is 45.8 Å². The number of nitrogens with one attached hydrogen (secondary N) is 1. The van der Waals surface area contributed by atoms with Gasteiger partial charge in [-0.2, -0.15) is 18.3 Å². The number of aromatic nitrogens is 2. The van der Waals surface area contributed by atoms with Gasteiger partial charge < -0.3 is 5.32 Å². The summed E-state index contributed by atoms with van der Waals surface area (Å²) in [6.07, 6.45) is -2.17. The highest BCUT2D eigenvalue weighted by Crippen LogP contribution is 2.35. The topological polar surface area (TPSA) is 46.9 Å². The Labute approximate surface area is 142 Å². The van der Waals surface area contributed by atoms with Gasteiger partial charge in [-0.3, -0.25) is 9.48 Å². The SMILES string of the molecule is CC(C)C[C@H](C)c1sccc1Cn1cc(NC=O)c(C(F)(F)F)n1. The van der Waals surface area contributed by atoms with Crippen LogP contribution in [0.3, 0.4) is 0 Å². The van der Waals surface area contributed by atoms with Crippen LogP contribution in [0.25, 0.3) is 0 Å². The lowest BCUT2D eigenvalue weighted by atomic mass is 9.95. The van der Waals surface area contributed by atoms with Gasteiger partial charge >= 0.3 is 6.18 Å². The molecule has 0 fully saturated rings. The summed E-state index contributed by atoms with van der Waals surface area (Å²) in [5.41, 5.74) is -0.451. The van der Waals surface area contributed by atoms with E-state index in [0.717, 1.165) is 16.9 Å². The molecule has 0 saturated heterocycles. The van der Waals surface area contributed by atoms with E-state index in [1.165, 1.54) is 10.9 Å². The molecular weight excluding hydrogens is 339 g/mol. The summed E-state index contributed by atoms with van der Waals surface area (Å²) in [4.78, 5) is 11.7. The van der Waals surface area contributed by atoms with Gasteiger partial charge in [0.2, 0.25) is 6.41 Å². The van der Waals surface area contributed by atoms with Gasteiger partial charge in [0.25, 0.3) is 0 Å². The number of carbonyl (C=O) groups excluding carboxylic acids is 1. The van der Waals surface area contributed by atoms with Gasteiger partial charge in [0, 0.05) is 11.1 Å². The van der Waals surface area contributed by atoms with Crippen LogP contribution in [0.5, 0.6) is 0 Å². The van der Waals surface area contributed by atoms with Gasteiger partial charge in [-0.1, -0.05) is 20.8 Å². The smallest absolute Gasteiger partial charge is 0.326 e. The third kappa shape index (κ3) is 4.37. The largest absolute Gasteiger partial charge is 0.437 e. The van der Waals surface area contributed by atoms with Crippen molar-refractivity contribution in [2.24, 2.45) is 5.92 Å². The zero-order chi connectivity index (χ0) is 17.9. The second-order valence-corrected chi connectivity index (χ2v) is 7.14. The van der Waals surface area contributed by atoms with Gasteiger partial charge in [-0.15, -0.1) is 11.3 Å². The van der Waals surface area contributed by atoms with E-state index in [1.807, 2.05) is 11.4 Å². The summed E-state index contributed by atoms with van der Waals surface area (Å²) in [5, 5.41) is 7.62. The second-order valence-electron chi connectivity index (χ2n) is 6.19. The summed E-state index contributed by atoms with van der Waals surface area (Å²) in [6, 6.07) is 1.92. The normalized spacial score (nSPS) is 13.3. The molecule has 2 rings (SSSR count). The molecule has 24 heavy (non-hydrogen) atoms. The predicted molar refractivity (Wildman–Crippen MR) is 88.2 cm³/mol. The third-order valence-corrected chi connectivity index (χ3v) is 4.82. The highest BCUT2D eigenvalue weighted by Gasteiger charge is 2.37.